The first-order valence-corrected chi connectivity index (χ1v) is 11.8. The highest BCUT2D eigenvalue weighted by atomic mass is 35.5. The van der Waals surface area contributed by atoms with E-state index in [4.69, 9.17) is 23.2 Å². The van der Waals surface area contributed by atoms with Crippen LogP contribution in [0, 0.1) is 5.92 Å². The highest BCUT2D eigenvalue weighted by molar-refractivity contribution is 6.36. The molecule has 30 heavy (non-hydrogen) atoms. The predicted molar refractivity (Wildman–Crippen MR) is 128 cm³/mol. The van der Waals surface area contributed by atoms with Crippen molar-refractivity contribution in [2.45, 2.75) is 26.7 Å². The molecule has 1 unspecified atom stereocenters. The van der Waals surface area contributed by atoms with E-state index in [9.17, 15) is 0 Å². The molecule has 2 saturated heterocycles. The summed E-state index contributed by atoms with van der Waals surface area (Å²) in [4.78, 5) is 7.40. The van der Waals surface area contributed by atoms with Crippen LogP contribution in [0.3, 0.4) is 0 Å². The Morgan fingerprint density at radius 2 is 1.73 bits per heavy atom. The van der Waals surface area contributed by atoms with Gasteiger partial charge in [-0.1, -0.05) is 37.0 Å². The zero-order chi connectivity index (χ0) is 21.5. The van der Waals surface area contributed by atoms with Crippen molar-refractivity contribution in [3.05, 3.63) is 40.4 Å². The standard InChI is InChI=1S/C21H27Cl2N5.C2H6/c1-26-8-2-3-16(14-26)15-27-9-11-28(12-10-27)21-7-6-20(24-25-21)18-5-4-17(22)13-19(18)23;1-2/h4-7,13,16H,2-3,8-12,14-15H2,1H3;1-2H3. The monoisotopic (exact) mass is 449 g/mol. The van der Waals surface area contributed by atoms with Crippen LogP contribution in [-0.4, -0.2) is 72.9 Å². The molecular formula is C23H33Cl2N5. The molecule has 3 heterocycles. The van der Waals surface area contributed by atoms with E-state index in [0.29, 0.717) is 10.0 Å². The average molecular weight is 450 g/mol. The van der Waals surface area contributed by atoms with Gasteiger partial charge >= 0.3 is 0 Å². The summed E-state index contributed by atoms with van der Waals surface area (Å²) < 4.78 is 0. The summed E-state index contributed by atoms with van der Waals surface area (Å²) >= 11 is 12.3. The van der Waals surface area contributed by atoms with Crippen LogP contribution in [-0.2, 0) is 0 Å². The van der Waals surface area contributed by atoms with Gasteiger partial charge in [-0.2, -0.15) is 0 Å². The van der Waals surface area contributed by atoms with Gasteiger partial charge in [-0.3, -0.25) is 4.90 Å². The normalized spacial score (nSPS) is 20.6. The van der Waals surface area contributed by atoms with Gasteiger partial charge in [0.25, 0.3) is 0 Å². The van der Waals surface area contributed by atoms with Crippen molar-refractivity contribution in [2.75, 3.05) is 57.8 Å². The van der Waals surface area contributed by atoms with Crippen LogP contribution in [0.2, 0.25) is 10.0 Å². The van der Waals surface area contributed by atoms with Crippen LogP contribution in [0.15, 0.2) is 30.3 Å². The molecule has 0 amide bonds. The Morgan fingerprint density at radius 3 is 2.37 bits per heavy atom. The van der Waals surface area contributed by atoms with Crippen LogP contribution in [0.25, 0.3) is 11.3 Å². The largest absolute Gasteiger partial charge is 0.353 e. The van der Waals surface area contributed by atoms with Crippen LogP contribution < -0.4 is 4.90 Å². The lowest BCUT2D eigenvalue weighted by molar-refractivity contribution is 0.147. The van der Waals surface area contributed by atoms with Gasteiger partial charge in [-0.25, -0.2) is 0 Å². The van der Waals surface area contributed by atoms with E-state index in [-0.39, 0.29) is 0 Å². The number of benzene rings is 1. The van der Waals surface area contributed by atoms with Gasteiger partial charge in [-0.15, -0.1) is 10.2 Å². The van der Waals surface area contributed by atoms with Crippen LogP contribution in [0.1, 0.15) is 26.7 Å². The van der Waals surface area contributed by atoms with Crippen LogP contribution in [0.5, 0.6) is 0 Å². The first-order chi connectivity index (χ1) is 14.6. The number of anilines is 1. The predicted octanol–water partition coefficient (Wildman–Crippen LogP) is 4.94. The number of piperidine rings is 1. The highest BCUT2D eigenvalue weighted by Crippen LogP contribution is 2.29. The third-order valence-corrected chi connectivity index (χ3v) is 6.34. The molecule has 0 spiro atoms. The van der Waals surface area contributed by atoms with Crippen molar-refractivity contribution in [3.8, 4) is 11.3 Å². The lowest BCUT2D eigenvalue weighted by atomic mass is 9.97. The fraction of sp³-hybridized carbons (Fsp3) is 0.565. The molecule has 4 rings (SSSR count). The second kappa shape index (κ2) is 11.3. The van der Waals surface area contributed by atoms with E-state index in [0.717, 1.165) is 49.2 Å². The van der Waals surface area contributed by atoms with Gasteiger partial charge in [0.15, 0.2) is 5.82 Å². The number of rotatable bonds is 4. The van der Waals surface area contributed by atoms with Gasteiger partial charge in [0.05, 0.1) is 10.7 Å². The number of halogens is 2. The second-order valence-corrected chi connectivity index (χ2v) is 8.80. The third kappa shape index (κ3) is 6.07. The Balaban J connectivity index is 0.00000124. The number of piperazine rings is 1. The van der Waals surface area contributed by atoms with E-state index < -0.39 is 0 Å². The Kier molecular flexibility index (Phi) is 8.75. The summed E-state index contributed by atoms with van der Waals surface area (Å²) in [6, 6.07) is 9.47. The van der Waals surface area contributed by atoms with E-state index in [1.807, 2.05) is 38.1 Å². The number of aromatic nitrogens is 2. The first-order valence-electron chi connectivity index (χ1n) is 11.0. The highest BCUT2D eigenvalue weighted by Gasteiger charge is 2.23. The molecule has 0 aliphatic carbocycles. The minimum absolute atomic E-state index is 0.594. The lowest BCUT2D eigenvalue weighted by Gasteiger charge is -2.38. The first kappa shape index (κ1) is 23.3. The van der Waals surface area contributed by atoms with Gasteiger partial charge < -0.3 is 9.80 Å². The summed E-state index contributed by atoms with van der Waals surface area (Å²) in [5.41, 5.74) is 1.62. The quantitative estimate of drug-likeness (QED) is 0.660. The fourth-order valence-corrected chi connectivity index (χ4v) is 4.79. The minimum Gasteiger partial charge on any atom is -0.353 e. The molecule has 2 fully saturated rings. The van der Waals surface area contributed by atoms with Crippen molar-refractivity contribution >= 4 is 29.0 Å². The van der Waals surface area contributed by atoms with Gasteiger partial charge in [-0.05, 0) is 62.7 Å². The molecule has 1 aromatic carbocycles. The van der Waals surface area contributed by atoms with E-state index in [1.165, 1.54) is 32.5 Å². The smallest absolute Gasteiger partial charge is 0.151 e. The number of likely N-dealkylation sites (tertiary alicyclic amines) is 1. The van der Waals surface area contributed by atoms with E-state index >= 15 is 0 Å². The molecule has 1 aromatic heterocycles. The number of hydrogen-bond acceptors (Lipinski definition) is 5. The van der Waals surface area contributed by atoms with Crippen molar-refractivity contribution in [2.24, 2.45) is 5.92 Å². The molecule has 7 heteroatoms. The molecule has 2 aromatic rings. The molecular weight excluding hydrogens is 417 g/mol. The molecule has 2 aliphatic rings. The van der Waals surface area contributed by atoms with Gasteiger partial charge in [0, 0.05) is 49.9 Å². The number of nitrogens with zero attached hydrogens (tertiary/aromatic N) is 5. The molecule has 2 aliphatic heterocycles. The summed E-state index contributed by atoms with van der Waals surface area (Å²) in [5, 5.41) is 10.1. The molecule has 1 atom stereocenters. The van der Waals surface area contributed by atoms with Crippen molar-refractivity contribution in [1.29, 1.82) is 0 Å². The maximum absolute atomic E-state index is 6.29. The van der Waals surface area contributed by atoms with E-state index in [2.05, 4.69) is 31.9 Å². The van der Waals surface area contributed by atoms with E-state index in [1.54, 1.807) is 6.07 Å². The lowest BCUT2D eigenvalue weighted by Crippen LogP contribution is -2.49. The molecule has 0 saturated carbocycles. The molecule has 164 valence electrons. The Labute approximate surface area is 191 Å². The van der Waals surface area contributed by atoms with Crippen molar-refractivity contribution < 1.29 is 0 Å². The Morgan fingerprint density at radius 1 is 0.967 bits per heavy atom. The fourth-order valence-electron chi connectivity index (χ4n) is 4.28. The Hall–Kier alpha value is -1.40. The van der Waals surface area contributed by atoms with Crippen molar-refractivity contribution in [1.82, 2.24) is 20.0 Å². The Bertz CT molecular complexity index is 791. The maximum atomic E-state index is 6.29. The molecule has 5 nitrogen and oxygen atoms in total. The average Bonchev–Trinajstić information content (AvgIpc) is 2.76. The SMILES string of the molecule is CC.CN1CCCC(CN2CCN(c3ccc(-c4ccc(Cl)cc4Cl)nn3)CC2)C1. The van der Waals surface area contributed by atoms with Crippen molar-refractivity contribution in [3.63, 3.8) is 0 Å². The topological polar surface area (TPSA) is 35.5 Å². The summed E-state index contributed by atoms with van der Waals surface area (Å²) in [5.74, 6) is 1.75. The zero-order valence-electron chi connectivity index (χ0n) is 18.3. The summed E-state index contributed by atoms with van der Waals surface area (Å²) in [7, 11) is 2.24. The summed E-state index contributed by atoms with van der Waals surface area (Å²) in [6.45, 7) is 11.9. The third-order valence-electron chi connectivity index (χ3n) is 5.79. The summed E-state index contributed by atoms with van der Waals surface area (Å²) in [6.07, 6.45) is 2.70. The van der Waals surface area contributed by atoms with Crippen LogP contribution in [0.4, 0.5) is 5.82 Å². The number of hydrogen-bond donors (Lipinski definition) is 0. The zero-order valence-corrected chi connectivity index (χ0v) is 19.8. The maximum Gasteiger partial charge on any atom is 0.151 e. The van der Waals surface area contributed by atoms with Gasteiger partial charge in [0.2, 0.25) is 0 Å². The minimum atomic E-state index is 0.594. The molecule has 0 radical (unpaired) electrons. The van der Waals surface area contributed by atoms with Gasteiger partial charge in [0.1, 0.15) is 0 Å². The molecule has 0 bridgehead atoms. The van der Waals surface area contributed by atoms with Crippen LogP contribution >= 0.6 is 23.2 Å². The molecule has 0 N–H and O–H groups in total. The second-order valence-electron chi connectivity index (χ2n) is 7.96.